The van der Waals surface area contributed by atoms with E-state index < -0.39 is 0 Å². The first-order valence-corrected chi connectivity index (χ1v) is 7.44. The summed E-state index contributed by atoms with van der Waals surface area (Å²) in [4.78, 5) is 2.47. The van der Waals surface area contributed by atoms with Crippen molar-refractivity contribution in [3.63, 3.8) is 0 Å². The van der Waals surface area contributed by atoms with Crippen LogP contribution in [0.15, 0.2) is 24.3 Å². The van der Waals surface area contributed by atoms with Gasteiger partial charge in [-0.1, -0.05) is 39.8 Å². The Kier molecular flexibility index (Phi) is 4.19. The second-order valence-electron chi connectivity index (χ2n) is 6.81. The van der Waals surface area contributed by atoms with Gasteiger partial charge in [-0.25, -0.2) is 0 Å². The van der Waals surface area contributed by atoms with Crippen LogP contribution < -0.4 is 4.90 Å². The summed E-state index contributed by atoms with van der Waals surface area (Å²) in [6, 6.07) is 8.43. The quantitative estimate of drug-likeness (QED) is 0.889. The molecule has 1 aromatic rings. The molecule has 0 spiro atoms. The molecule has 1 fully saturated rings. The molecule has 1 aromatic carbocycles. The maximum absolute atomic E-state index is 9.82. The second-order valence-corrected chi connectivity index (χ2v) is 6.81. The summed E-state index contributed by atoms with van der Waals surface area (Å²) in [5, 5.41) is 9.82. The SMILES string of the molecule is CC[C@@H](O)c1ccc(N2CCC(C(C)(C)C)C2)cc1. The zero-order valence-corrected chi connectivity index (χ0v) is 12.7. The first kappa shape index (κ1) is 14.4. The molecule has 0 aliphatic carbocycles. The summed E-state index contributed by atoms with van der Waals surface area (Å²) in [7, 11) is 0. The molecule has 0 amide bonds. The average Bonchev–Trinajstić information content (AvgIpc) is 2.87. The number of aliphatic hydroxyl groups excluding tert-OH is 1. The fraction of sp³-hybridized carbons (Fsp3) is 0.647. The molecule has 2 rings (SSSR count). The van der Waals surface area contributed by atoms with Crippen molar-refractivity contribution >= 4 is 5.69 Å². The highest BCUT2D eigenvalue weighted by Crippen LogP contribution is 2.35. The van der Waals surface area contributed by atoms with Gasteiger partial charge in [-0.15, -0.1) is 0 Å². The van der Waals surface area contributed by atoms with Crippen molar-refractivity contribution in [2.24, 2.45) is 11.3 Å². The van der Waals surface area contributed by atoms with Crippen LogP contribution in [-0.4, -0.2) is 18.2 Å². The maximum atomic E-state index is 9.82. The van der Waals surface area contributed by atoms with Crippen LogP contribution in [0.5, 0.6) is 0 Å². The van der Waals surface area contributed by atoms with E-state index in [1.165, 1.54) is 12.1 Å². The minimum Gasteiger partial charge on any atom is -0.388 e. The van der Waals surface area contributed by atoms with Gasteiger partial charge in [0.2, 0.25) is 0 Å². The Morgan fingerprint density at radius 2 is 1.89 bits per heavy atom. The lowest BCUT2D eigenvalue weighted by Gasteiger charge is -2.27. The highest BCUT2D eigenvalue weighted by molar-refractivity contribution is 5.49. The number of hydrogen-bond acceptors (Lipinski definition) is 2. The van der Waals surface area contributed by atoms with Crippen molar-refractivity contribution in [3.05, 3.63) is 29.8 Å². The third-order valence-electron chi connectivity index (χ3n) is 4.44. The van der Waals surface area contributed by atoms with E-state index in [0.29, 0.717) is 5.41 Å². The summed E-state index contributed by atoms with van der Waals surface area (Å²) in [6.45, 7) is 11.3. The van der Waals surface area contributed by atoms with Gasteiger partial charge in [-0.05, 0) is 41.9 Å². The summed E-state index contributed by atoms with van der Waals surface area (Å²) in [5.41, 5.74) is 2.71. The molecule has 0 radical (unpaired) electrons. The topological polar surface area (TPSA) is 23.5 Å². The number of anilines is 1. The Bertz CT molecular complexity index is 404. The van der Waals surface area contributed by atoms with Crippen molar-refractivity contribution in [1.82, 2.24) is 0 Å². The lowest BCUT2D eigenvalue weighted by Crippen LogP contribution is -2.25. The Labute approximate surface area is 117 Å². The van der Waals surface area contributed by atoms with Crippen molar-refractivity contribution in [2.75, 3.05) is 18.0 Å². The van der Waals surface area contributed by atoms with E-state index in [1.807, 2.05) is 6.92 Å². The van der Waals surface area contributed by atoms with Crippen molar-refractivity contribution in [3.8, 4) is 0 Å². The van der Waals surface area contributed by atoms with Crippen molar-refractivity contribution < 1.29 is 5.11 Å². The van der Waals surface area contributed by atoms with Crippen LogP contribution >= 0.6 is 0 Å². The maximum Gasteiger partial charge on any atom is 0.0787 e. The number of aliphatic hydroxyl groups is 1. The molecule has 2 atom stereocenters. The van der Waals surface area contributed by atoms with Crippen LogP contribution in [0.2, 0.25) is 0 Å². The van der Waals surface area contributed by atoms with Gasteiger partial charge in [0, 0.05) is 18.8 Å². The Morgan fingerprint density at radius 1 is 1.26 bits per heavy atom. The lowest BCUT2D eigenvalue weighted by molar-refractivity contribution is 0.173. The zero-order valence-electron chi connectivity index (χ0n) is 12.7. The summed E-state index contributed by atoms with van der Waals surface area (Å²) in [5.74, 6) is 0.772. The van der Waals surface area contributed by atoms with Gasteiger partial charge in [0.1, 0.15) is 0 Å². The highest BCUT2D eigenvalue weighted by Gasteiger charge is 2.31. The molecule has 0 aromatic heterocycles. The van der Waals surface area contributed by atoms with Crippen LogP contribution in [0.4, 0.5) is 5.69 Å². The molecule has 0 bridgehead atoms. The first-order valence-electron chi connectivity index (χ1n) is 7.44. The summed E-state index contributed by atoms with van der Waals surface area (Å²) in [6.07, 6.45) is 1.73. The van der Waals surface area contributed by atoms with Crippen LogP contribution in [0.1, 0.15) is 52.2 Å². The number of nitrogens with zero attached hydrogens (tertiary/aromatic N) is 1. The Balaban J connectivity index is 2.04. The van der Waals surface area contributed by atoms with Gasteiger partial charge in [-0.2, -0.15) is 0 Å². The smallest absolute Gasteiger partial charge is 0.0787 e. The Hall–Kier alpha value is -1.02. The first-order chi connectivity index (χ1) is 8.91. The number of benzene rings is 1. The molecule has 1 heterocycles. The molecule has 1 saturated heterocycles. The van der Waals surface area contributed by atoms with Crippen molar-refractivity contribution in [1.29, 1.82) is 0 Å². The number of rotatable bonds is 3. The monoisotopic (exact) mass is 261 g/mol. The van der Waals surface area contributed by atoms with E-state index in [2.05, 4.69) is 49.9 Å². The van der Waals surface area contributed by atoms with E-state index in [9.17, 15) is 5.11 Å². The molecular formula is C17H27NO. The molecule has 0 saturated carbocycles. The molecule has 1 aliphatic heterocycles. The standard InChI is InChI=1S/C17H27NO/c1-5-16(19)13-6-8-15(9-7-13)18-11-10-14(12-18)17(2,3)4/h6-9,14,16,19H,5,10-12H2,1-4H3/t14?,16-/m1/s1. The number of hydrogen-bond donors (Lipinski definition) is 1. The Morgan fingerprint density at radius 3 is 2.37 bits per heavy atom. The van der Waals surface area contributed by atoms with E-state index in [1.54, 1.807) is 0 Å². The van der Waals surface area contributed by atoms with Gasteiger partial charge in [-0.3, -0.25) is 0 Å². The predicted molar refractivity (Wildman–Crippen MR) is 81.5 cm³/mol. The van der Waals surface area contributed by atoms with Crippen LogP contribution in [0, 0.1) is 11.3 Å². The largest absolute Gasteiger partial charge is 0.388 e. The van der Waals surface area contributed by atoms with Crippen LogP contribution in [0.25, 0.3) is 0 Å². The highest BCUT2D eigenvalue weighted by atomic mass is 16.3. The van der Waals surface area contributed by atoms with Gasteiger partial charge in [0.15, 0.2) is 0 Å². The van der Waals surface area contributed by atoms with Crippen LogP contribution in [-0.2, 0) is 0 Å². The summed E-state index contributed by atoms with van der Waals surface area (Å²) >= 11 is 0. The molecule has 19 heavy (non-hydrogen) atoms. The molecule has 2 nitrogen and oxygen atoms in total. The van der Waals surface area contributed by atoms with E-state index >= 15 is 0 Å². The van der Waals surface area contributed by atoms with Gasteiger partial charge in [0.25, 0.3) is 0 Å². The molecule has 2 heteroatoms. The molecule has 1 N–H and O–H groups in total. The van der Waals surface area contributed by atoms with Gasteiger partial charge < -0.3 is 10.0 Å². The fourth-order valence-corrected chi connectivity index (χ4v) is 2.84. The van der Waals surface area contributed by atoms with Crippen LogP contribution in [0.3, 0.4) is 0 Å². The minimum absolute atomic E-state index is 0.324. The molecule has 1 aliphatic rings. The van der Waals surface area contributed by atoms with Gasteiger partial charge >= 0.3 is 0 Å². The summed E-state index contributed by atoms with van der Waals surface area (Å²) < 4.78 is 0. The third kappa shape index (κ3) is 3.30. The average molecular weight is 261 g/mol. The van der Waals surface area contributed by atoms with E-state index in [-0.39, 0.29) is 6.10 Å². The van der Waals surface area contributed by atoms with E-state index in [0.717, 1.165) is 31.0 Å². The van der Waals surface area contributed by atoms with Gasteiger partial charge in [0.05, 0.1) is 6.10 Å². The molecular weight excluding hydrogens is 234 g/mol. The normalized spacial score (nSPS) is 21.7. The minimum atomic E-state index is -0.324. The predicted octanol–water partition coefficient (Wildman–Crippen LogP) is 4.00. The van der Waals surface area contributed by atoms with E-state index in [4.69, 9.17) is 0 Å². The fourth-order valence-electron chi connectivity index (χ4n) is 2.84. The zero-order chi connectivity index (χ0) is 14.0. The van der Waals surface area contributed by atoms with Crippen molar-refractivity contribution in [2.45, 2.75) is 46.6 Å². The molecule has 106 valence electrons. The molecule has 1 unspecified atom stereocenters. The second kappa shape index (κ2) is 5.54. The third-order valence-corrected chi connectivity index (χ3v) is 4.44. The lowest BCUT2D eigenvalue weighted by atomic mass is 9.80.